The van der Waals surface area contributed by atoms with Crippen LogP contribution in [0.1, 0.15) is 0 Å². The second-order valence-corrected chi connectivity index (χ2v) is 0. The van der Waals surface area contributed by atoms with Crippen molar-refractivity contribution in [3.05, 3.63) is 0 Å². The van der Waals surface area contributed by atoms with E-state index in [9.17, 15) is 0 Å². The summed E-state index contributed by atoms with van der Waals surface area (Å²) >= 11 is 0. The molecular weight excluding hydrogens is 275 g/mol. The Morgan fingerprint density at radius 2 is 0.889 bits per heavy atom. The van der Waals surface area contributed by atoms with Gasteiger partial charge in [0.15, 0.2) is 0 Å². The maximum Gasteiger partial charge on any atom is 0 e. The van der Waals surface area contributed by atoms with Gasteiger partial charge in [-0.05, 0) is 0 Å². The molecule has 9 heteroatoms. The Kier molecular flexibility index (Phi) is 1380. The summed E-state index contributed by atoms with van der Waals surface area (Å²) in [5.74, 6) is 0. The van der Waals surface area contributed by atoms with Gasteiger partial charge in [0.1, 0.15) is 0 Å². The van der Waals surface area contributed by atoms with E-state index in [2.05, 4.69) is 0 Å². The molecule has 0 unspecified atom stereocenters. The van der Waals surface area contributed by atoms with Crippen LogP contribution in [0.3, 0.4) is 0 Å². The topological polar surface area (TPSA) is 93.0 Å². The molecule has 0 saturated heterocycles. The normalized spacial score (nSPS) is 0. The molecule has 11 radical (unpaired) electrons. The molecule has 0 aromatic carbocycles. The predicted molar refractivity (Wildman–Crippen MR) is 32.2 cm³/mol. The van der Waals surface area contributed by atoms with E-state index in [0.717, 1.165) is 0 Å². The van der Waals surface area contributed by atoms with Crippen molar-refractivity contribution in [3.63, 3.8) is 0 Å². The molecule has 49 valence electrons. The van der Waals surface area contributed by atoms with Crippen LogP contribution in [0, 0.1) is 0 Å². The van der Waals surface area contributed by atoms with Crippen molar-refractivity contribution in [1.29, 1.82) is 0 Å². The van der Waals surface area contributed by atoms with Crippen LogP contribution in [0.5, 0.6) is 0 Å². The maximum atomic E-state index is 0. The summed E-state index contributed by atoms with van der Waals surface area (Å²) in [6.45, 7) is 0. The summed E-state index contributed by atoms with van der Waals surface area (Å²) in [5.41, 5.74) is 0. The summed E-state index contributed by atoms with van der Waals surface area (Å²) in [6, 6.07) is 0. The van der Waals surface area contributed by atoms with E-state index in [1.165, 1.54) is 0 Å². The maximum absolute atomic E-state index is 0. The molecule has 0 aromatic heterocycles. The van der Waals surface area contributed by atoms with Crippen molar-refractivity contribution in [2.45, 2.75) is 0 Å². The Hall–Kier alpha value is 3.71. The zero-order valence-electron chi connectivity index (χ0n) is 4.70. The zero-order chi connectivity index (χ0) is 0. The number of rotatable bonds is 0. The molecule has 0 heterocycles. The van der Waals surface area contributed by atoms with Crippen LogP contribution in [0.15, 0.2) is 0 Å². The summed E-state index contributed by atoms with van der Waals surface area (Å²) in [5, 5.41) is 0. The average molecular weight is 280 g/mol. The Morgan fingerprint density at radius 3 is 0.889 bits per heavy atom. The molecular formula is H5AlCaCrFeMgO3Si-. The van der Waals surface area contributed by atoms with Crippen molar-refractivity contribution >= 4 is 89.1 Å². The van der Waals surface area contributed by atoms with Crippen molar-refractivity contribution in [3.8, 4) is 0 Å². The van der Waals surface area contributed by atoms with Gasteiger partial charge < -0.3 is 16.4 Å². The fraction of sp³-hybridized carbons (Fsp3) is 0. The molecule has 3 nitrogen and oxygen atoms in total. The van der Waals surface area contributed by atoms with E-state index in [0.29, 0.717) is 0 Å². The second kappa shape index (κ2) is 97.7. The molecule has 0 aromatic rings. The van der Waals surface area contributed by atoms with Gasteiger partial charge in [0, 0.05) is 124 Å². The SMILES string of the molecule is O.O.[Al].[Ca].[Cr].[Fe].[Mg].[OH-].[Si]. The first-order chi connectivity index (χ1) is 0. The quantitative estimate of drug-likeness (QED) is 0.426. The largest absolute Gasteiger partial charge is 0.870 e. The van der Waals surface area contributed by atoms with Crippen LogP contribution in [0.2, 0.25) is 0 Å². The van der Waals surface area contributed by atoms with Gasteiger partial charge in [-0.25, -0.2) is 0 Å². The van der Waals surface area contributed by atoms with Crippen LogP contribution >= 0.6 is 0 Å². The van der Waals surface area contributed by atoms with E-state index < -0.39 is 0 Å². The van der Waals surface area contributed by atoms with Crippen molar-refractivity contribution in [2.75, 3.05) is 0 Å². The molecule has 0 saturated carbocycles. The summed E-state index contributed by atoms with van der Waals surface area (Å²) in [6.07, 6.45) is 0. The standard InChI is InChI=1S/Al.Ca.Cr.Fe.Mg.3H2O.Si/h;;;;;3*1H2;/p-1. The molecule has 0 rings (SSSR count). The molecule has 0 spiro atoms. The van der Waals surface area contributed by atoms with Crippen LogP contribution in [0.25, 0.3) is 0 Å². The van der Waals surface area contributed by atoms with E-state index in [1.54, 1.807) is 0 Å². The first-order valence-electron chi connectivity index (χ1n) is 0. The van der Waals surface area contributed by atoms with Crippen LogP contribution in [0.4, 0.5) is 0 Å². The van der Waals surface area contributed by atoms with Crippen LogP contribution in [-0.4, -0.2) is 106 Å². The third kappa shape index (κ3) is 80.3. The Labute approximate surface area is 137 Å². The summed E-state index contributed by atoms with van der Waals surface area (Å²) in [7, 11) is 0. The van der Waals surface area contributed by atoms with Gasteiger partial charge in [0.25, 0.3) is 0 Å². The van der Waals surface area contributed by atoms with Gasteiger partial charge in [-0.15, -0.1) is 0 Å². The molecule has 5 N–H and O–H groups in total. The smallest absolute Gasteiger partial charge is 0 e. The first kappa shape index (κ1) is 127. The van der Waals surface area contributed by atoms with E-state index in [1.807, 2.05) is 0 Å². The minimum atomic E-state index is 0. The fourth-order valence-electron chi connectivity index (χ4n) is 0. The fourth-order valence-corrected chi connectivity index (χ4v) is 0. The summed E-state index contributed by atoms with van der Waals surface area (Å²) < 4.78 is 0. The third-order valence-electron chi connectivity index (χ3n) is 0. The number of hydrogen-bond donors (Lipinski definition) is 0. The molecule has 0 aliphatic rings. The minimum absolute atomic E-state index is 0. The van der Waals surface area contributed by atoms with Gasteiger partial charge in [0.05, 0.1) is 0 Å². The Morgan fingerprint density at radius 1 is 0.889 bits per heavy atom. The monoisotopic (exact) mass is 280 g/mol. The van der Waals surface area contributed by atoms with E-state index in [4.69, 9.17) is 0 Å². The molecule has 0 bridgehead atoms. The van der Waals surface area contributed by atoms with Crippen molar-refractivity contribution < 1.29 is 50.9 Å². The molecule has 0 fully saturated rings. The van der Waals surface area contributed by atoms with Crippen molar-refractivity contribution in [1.82, 2.24) is 0 Å². The van der Waals surface area contributed by atoms with Gasteiger partial charge in [0.2, 0.25) is 0 Å². The van der Waals surface area contributed by atoms with Gasteiger partial charge >= 0.3 is 0 Å². The molecule has 0 aliphatic carbocycles. The Balaban J connectivity index is 0. The zero-order valence-corrected chi connectivity index (χ0v) is 12.9. The summed E-state index contributed by atoms with van der Waals surface area (Å²) in [4.78, 5) is 0. The van der Waals surface area contributed by atoms with E-state index in [-0.39, 0.29) is 140 Å². The van der Waals surface area contributed by atoms with Crippen LogP contribution < -0.4 is 0 Å². The van der Waals surface area contributed by atoms with Crippen molar-refractivity contribution in [2.24, 2.45) is 0 Å². The minimum Gasteiger partial charge on any atom is -0.870 e. The predicted octanol–water partition coefficient (Wildman–Crippen LogP) is -3.35. The Bertz CT molecular complexity index is 23.8. The molecule has 9 heavy (non-hydrogen) atoms. The first-order valence-corrected chi connectivity index (χ1v) is 0. The van der Waals surface area contributed by atoms with Gasteiger partial charge in [-0.2, -0.15) is 0 Å². The molecule has 0 aliphatic heterocycles. The average Bonchev–Trinajstić information content (AvgIpc) is 0. The third-order valence-corrected chi connectivity index (χ3v) is 0. The second-order valence-electron chi connectivity index (χ2n) is 0. The molecule has 0 atom stereocenters. The molecule has 0 amide bonds. The van der Waals surface area contributed by atoms with Crippen LogP contribution in [-0.2, 0) is 34.4 Å². The van der Waals surface area contributed by atoms with Gasteiger partial charge in [-0.1, -0.05) is 0 Å². The number of hydrogen-bond acceptors (Lipinski definition) is 1. The van der Waals surface area contributed by atoms with Gasteiger partial charge in [-0.3, -0.25) is 0 Å². The van der Waals surface area contributed by atoms with E-state index >= 15 is 0 Å².